The van der Waals surface area contributed by atoms with Gasteiger partial charge in [0.1, 0.15) is 9.84 Å². The lowest BCUT2D eigenvalue weighted by atomic mass is 10.2. The summed E-state index contributed by atoms with van der Waals surface area (Å²) < 4.78 is 22.0. The average molecular weight is 293 g/mol. The molecule has 0 aromatic heterocycles. The summed E-state index contributed by atoms with van der Waals surface area (Å²) in [5.74, 6) is 0.868. The van der Waals surface area contributed by atoms with Gasteiger partial charge in [-0.25, -0.2) is 8.42 Å². The molecule has 0 atom stereocenters. The van der Waals surface area contributed by atoms with Crippen molar-refractivity contribution in [3.63, 3.8) is 0 Å². The molecule has 0 bridgehead atoms. The molecule has 0 radical (unpaired) electrons. The smallest absolute Gasteiger partial charge is 0.148 e. The maximum atomic E-state index is 11.0. The molecule has 0 heterocycles. The third-order valence-corrected chi connectivity index (χ3v) is 3.69. The van der Waals surface area contributed by atoms with E-state index in [9.17, 15) is 8.42 Å². The van der Waals surface area contributed by atoms with Crippen LogP contribution < -0.4 is 5.32 Å². The molecule has 1 N–H and O–H groups in total. The number of nitrogens with one attached hydrogen (secondary N) is 1. The van der Waals surface area contributed by atoms with Crippen LogP contribution in [0.1, 0.15) is 13.8 Å². The molecule has 19 heavy (non-hydrogen) atoms. The lowest BCUT2D eigenvalue weighted by Gasteiger charge is -2.25. The summed E-state index contributed by atoms with van der Waals surface area (Å²) in [6.45, 7) is 9.99. The highest BCUT2D eigenvalue weighted by molar-refractivity contribution is 7.90. The Morgan fingerprint density at radius 1 is 1.05 bits per heavy atom. The number of hydrogen-bond donors (Lipinski definition) is 1. The zero-order valence-corrected chi connectivity index (χ0v) is 14.0. The lowest BCUT2D eigenvalue weighted by Crippen LogP contribution is -2.39. The minimum atomic E-state index is -2.85. The minimum absolute atomic E-state index is 0.217. The quantitative estimate of drug-likeness (QED) is 0.549. The van der Waals surface area contributed by atoms with Crippen LogP contribution >= 0.6 is 0 Å². The molecule has 5 nitrogen and oxygen atoms in total. The Morgan fingerprint density at radius 2 is 1.68 bits per heavy atom. The molecule has 0 aliphatic heterocycles. The van der Waals surface area contributed by atoms with E-state index in [2.05, 4.69) is 43.1 Å². The van der Waals surface area contributed by atoms with Crippen LogP contribution in [0.25, 0.3) is 0 Å². The Labute approximate surface area is 119 Å². The van der Waals surface area contributed by atoms with Crippen LogP contribution in [0.15, 0.2) is 0 Å². The Kier molecular flexibility index (Phi) is 9.60. The SMILES string of the molecule is CC(C)CN(CCNCCS(C)(=O)=O)CCN(C)C. The molecule has 0 aromatic rings. The zero-order valence-electron chi connectivity index (χ0n) is 13.1. The number of sulfone groups is 1. The molecule has 0 spiro atoms. The first-order valence-electron chi connectivity index (χ1n) is 6.96. The van der Waals surface area contributed by atoms with Gasteiger partial charge < -0.3 is 15.1 Å². The highest BCUT2D eigenvalue weighted by Crippen LogP contribution is 1.98. The summed E-state index contributed by atoms with van der Waals surface area (Å²) in [4.78, 5) is 4.61. The van der Waals surface area contributed by atoms with E-state index in [-0.39, 0.29) is 5.75 Å². The number of rotatable bonds is 11. The van der Waals surface area contributed by atoms with Gasteiger partial charge in [0.25, 0.3) is 0 Å². The van der Waals surface area contributed by atoms with E-state index in [1.54, 1.807) is 0 Å². The van der Waals surface area contributed by atoms with Crippen molar-refractivity contribution >= 4 is 9.84 Å². The predicted octanol–water partition coefficient (Wildman–Crippen LogP) is 0.140. The van der Waals surface area contributed by atoms with E-state index in [0.29, 0.717) is 12.5 Å². The first-order chi connectivity index (χ1) is 8.70. The standard InChI is InChI=1S/C13H31N3O2S/c1-13(2)12-16(10-9-15(3)4)8-6-14-7-11-19(5,17)18/h13-14H,6-12H2,1-5H3. The zero-order chi connectivity index (χ0) is 14.9. The predicted molar refractivity (Wildman–Crippen MR) is 82.4 cm³/mol. The fourth-order valence-electron chi connectivity index (χ4n) is 1.77. The second-order valence-electron chi connectivity index (χ2n) is 5.88. The van der Waals surface area contributed by atoms with Gasteiger partial charge in [-0.3, -0.25) is 0 Å². The van der Waals surface area contributed by atoms with Crippen LogP contribution in [0.3, 0.4) is 0 Å². The van der Waals surface area contributed by atoms with Crippen molar-refractivity contribution in [2.24, 2.45) is 5.92 Å². The molecule has 0 unspecified atom stereocenters. The van der Waals surface area contributed by atoms with E-state index in [4.69, 9.17) is 0 Å². The Bertz CT molecular complexity index is 316. The van der Waals surface area contributed by atoms with Crippen LogP contribution in [-0.2, 0) is 9.84 Å². The first kappa shape index (κ1) is 18.8. The van der Waals surface area contributed by atoms with Crippen molar-refractivity contribution in [2.45, 2.75) is 13.8 Å². The van der Waals surface area contributed by atoms with Gasteiger partial charge in [0, 0.05) is 45.5 Å². The first-order valence-corrected chi connectivity index (χ1v) is 9.02. The Morgan fingerprint density at radius 3 is 2.16 bits per heavy atom. The summed E-state index contributed by atoms with van der Waals surface area (Å²) in [6, 6.07) is 0. The molecule has 0 fully saturated rings. The highest BCUT2D eigenvalue weighted by Gasteiger charge is 2.07. The molecule has 0 amide bonds. The molecule has 0 saturated carbocycles. The summed E-state index contributed by atoms with van der Waals surface area (Å²) in [5.41, 5.74) is 0. The number of hydrogen-bond acceptors (Lipinski definition) is 5. The van der Waals surface area contributed by atoms with Gasteiger partial charge in [-0.05, 0) is 20.0 Å². The average Bonchev–Trinajstić information content (AvgIpc) is 2.22. The van der Waals surface area contributed by atoms with Gasteiger partial charge in [0.2, 0.25) is 0 Å². The summed E-state index contributed by atoms with van der Waals surface area (Å²) in [5, 5.41) is 3.20. The van der Waals surface area contributed by atoms with Crippen LogP contribution in [0, 0.1) is 5.92 Å². The van der Waals surface area contributed by atoms with Crippen molar-refractivity contribution < 1.29 is 8.42 Å². The lowest BCUT2D eigenvalue weighted by molar-refractivity contribution is 0.219. The Balaban J connectivity index is 3.85. The number of nitrogens with zero attached hydrogens (tertiary/aromatic N) is 2. The maximum Gasteiger partial charge on any atom is 0.148 e. The largest absolute Gasteiger partial charge is 0.314 e. The second-order valence-corrected chi connectivity index (χ2v) is 8.14. The van der Waals surface area contributed by atoms with Gasteiger partial charge in [-0.1, -0.05) is 13.8 Å². The second kappa shape index (κ2) is 9.69. The van der Waals surface area contributed by atoms with E-state index >= 15 is 0 Å². The fourth-order valence-corrected chi connectivity index (χ4v) is 2.29. The molecular formula is C13H31N3O2S. The highest BCUT2D eigenvalue weighted by atomic mass is 32.2. The minimum Gasteiger partial charge on any atom is -0.314 e. The normalized spacial score (nSPS) is 12.8. The molecule has 116 valence electrons. The Hall–Kier alpha value is -0.170. The molecule has 0 aliphatic carbocycles. The molecular weight excluding hydrogens is 262 g/mol. The van der Waals surface area contributed by atoms with Gasteiger partial charge in [-0.15, -0.1) is 0 Å². The molecule has 0 aromatic carbocycles. The summed E-state index contributed by atoms with van der Waals surface area (Å²) in [7, 11) is 1.31. The summed E-state index contributed by atoms with van der Waals surface area (Å²) >= 11 is 0. The van der Waals surface area contributed by atoms with E-state index in [1.165, 1.54) is 6.26 Å². The van der Waals surface area contributed by atoms with Crippen molar-refractivity contribution in [3.05, 3.63) is 0 Å². The van der Waals surface area contributed by atoms with Crippen molar-refractivity contribution in [1.29, 1.82) is 0 Å². The van der Waals surface area contributed by atoms with E-state index in [1.807, 2.05) is 0 Å². The molecule has 6 heteroatoms. The van der Waals surface area contributed by atoms with E-state index < -0.39 is 9.84 Å². The number of likely N-dealkylation sites (N-methyl/N-ethyl adjacent to an activating group) is 1. The van der Waals surface area contributed by atoms with Crippen LogP contribution in [0.5, 0.6) is 0 Å². The van der Waals surface area contributed by atoms with E-state index in [0.717, 1.165) is 32.7 Å². The van der Waals surface area contributed by atoms with Crippen LogP contribution in [0.2, 0.25) is 0 Å². The van der Waals surface area contributed by atoms with Gasteiger partial charge in [-0.2, -0.15) is 0 Å². The van der Waals surface area contributed by atoms with Gasteiger partial charge in [0.05, 0.1) is 5.75 Å². The van der Waals surface area contributed by atoms with Gasteiger partial charge >= 0.3 is 0 Å². The van der Waals surface area contributed by atoms with Crippen LogP contribution in [-0.4, -0.2) is 83.6 Å². The summed E-state index contributed by atoms with van der Waals surface area (Å²) in [6.07, 6.45) is 1.27. The third kappa shape index (κ3) is 14.1. The maximum absolute atomic E-state index is 11.0. The monoisotopic (exact) mass is 293 g/mol. The van der Waals surface area contributed by atoms with Gasteiger partial charge in [0.15, 0.2) is 0 Å². The molecule has 0 saturated heterocycles. The fraction of sp³-hybridized carbons (Fsp3) is 1.00. The topological polar surface area (TPSA) is 52.7 Å². The van der Waals surface area contributed by atoms with Crippen molar-refractivity contribution in [3.8, 4) is 0 Å². The molecule has 0 aliphatic rings. The third-order valence-electron chi connectivity index (χ3n) is 2.74. The van der Waals surface area contributed by atoms with Crippen molar-refractivity contribution in [1.82, 2.24) is 15.1 Å². The molecule has 0 rings (SSSR count). The van der Waals surface area contributed by atoms with Crippen LogP contribution in [0.4, 0.5) is 0 Å². The van der Waals surface area contributed by atoms with Crippen molar-refractivity contribution in [2.75, 3.05) is 65.4 Å².